The van der Waals surface area contributed by atoms with Crippen molar-refractivity contribution in [2.75, 3.05) is 0 Å². The minimum absolute atomic E-state index is 0.0550. The second-order valence-electron chi connectivity index (χ2n) is 3.37. The highest BCUT2D eigenvalue weighted by atomic mass is 19.3. The van der Waals surface area contributed by atoms with Crippen LogP contribution in [0.25, 0.3) is 0 Å². The molecule has 0 saturated heterocycles. The third-order valence-corrected chi connectivity index (χ3v) is 2.19. The van der Waals surface area contributed by atoms with Crippen LogP contribution in [0, 0.1) is 13.8 Å². The molecule has 0 heterocycles. The fourth-order valence-corrected chi connectivity index (χ4v) is 1.26. The van der Waals surface area contributed by atoms with Gasteiger partial charge >= 0.3 is 6.61 Å². The highest BCUT2D eigenvalue weighted by molar-refractivity contribution is 5.97. The molecule has 1 aromatic carbocycles. The van der Waals surface area contributed by atoms with E-state index >= 15 is 0 Å². The predicted molar refractivity (Wildman–Crippen MR) is 52.6 cm³/mol. The molecule has 0 aromatic heterocycles. The van der Waals surface area contributed by atoms with E-state index in [-0.39, 0.29) is 17.1 Å². The molecule has 0 spiro atoms. The lowest BCUT2D eigenvalue weighted by Gasteiger charge is -2.11. The summed E-state index contributed by atoms with van der Waals surface area (Å²) in [6.07, 6.45) is 0. The van der Waals surface area contributed by atoms with Crippen LogP contribution in [0.5, 0.6) is 5.75 Å². The van der Waals surface area contributed by atoms with E-state index in [0.717, 1.165) is 11.1 Å². The largest absolute Gasteiger partial charge is 0.434 e. The van der Waals surface area contributed by atoms with Crippen LogP contribution in [-0.2, 0) is 0 Å². The summed E-state index contributed by atoms with van der Waals surface area (Å²) < 4.78 is 28.4. The Bertz CT molecular complexity index is 386. The number of hydrogen-bond acceptors (Lipinski definition) is 2. The fraction of sp³-hybridized carbons (Fsp3) is 0.364. The van der Waals surface area contributed by atoms with Gasteiger partial charge in [-0.3, -0.25) is 4.79 Å². The van der Waals surface area contributed by atoms with Crippen LogP contribution < -0.4 is 4.74 Å². The third-order valence-electron chi connectivity index (χ3n) is 2.19. The third kappa shape index (κ3) is 2.75. The number of Topliss-reactive ketones (excluding diaryl/α,β-unsaturated/α-hetero) is 1. The summed E-state index contributed by atoms with van der Waals surface area (Å²) in [6, 6.07) is 3.02. The molecule has 0 fully saturated rings. The van der Waals surface area contributed by atoms with Gasteiger partial charge < -0.3 is 4.74 Å². The van der Waals surface area contributed by atoms with Crippen molar-refractivity contribution in [2.24, 2.45) is 0 Å². The average molecular weight is 214 g/mol. The minimum atomic E-state index is -2.91. The zero-order chi connectivity index (χ0) is 11.6. The average Bonchev–Trinajstić information content (AvgIpc) is 2.09. The van der Waals surface area contributed by atoms with Gasteiger partial charge in [-0.15, -0.1) is 0 Å². The van der Waals surface area contributed by atoms with E-state index in [2.05, 4.69) is 4.74 Å². The number of hydrogen-bond donors (Lipinski definition) is 0. The van der Waals surface area contributed by atoms with Crippen molar-refractivity contribution in [3.63, 3.8) is 0 Å². The van der Waals surface area contributed by atoms with Crippen LogP contribution in [0.4, 0.5) is 8.78 Å². The van der Waals surface area contributed by atoms with Gasteiger partial charge in [0.25, 0.3) is 0 Å². The molecule has 0 unspecified atom stereocenters. The molecule has 1 rings (SSSR count). The summed E-state index contributed by atoms with van der Waals surface area (Å²) in [5.74, 6) is -0.339. The normalized spacial score (nSPS) is 10.5. The quantitative estimate of drug-likeness (QED) is 0.722. The number of ether oxygens (including phenoxy) is 1. The maximum atomic E-state index is 12.1. The minimum Gasteiger partial charge on any atom is -0.434 e. The van der Waals surface area contributed by atoms with Gasteiger partial charge in [0, 0.05) is 0 Å². The number of halogens is 2. The van der Waals surface area contributed by atoms with E-state index in [1.807, 2.05) is 6.92 Å². The van der Waals surface area contributed by atoms with Crippen molar-refractivity contribution in [1.29, 1.82) is 0 Å². The SMILES string of the molecule is CC(=O)c1cc(C)c(C)cc1OC(F)F. The van der Waals surface area contributed by atoms with Crippen molar-refractivity contribution >= 4 is 5.78 Å². The lowest BCUT2D eigenvalue weighted by molar-refractivity contribution is -0.0501. The van der Waals surface area contributed by atoms with Crippen molar-refractivity contribution < 1.29 is 18.3 Å². The van der Waals surface area contributed by atoms with Crippen LogP contribution in [0.15, 0.2) is 12.1 Å². The van der Waals surface area contributed by atoms with E-state index in [1.54, 1.807) is 13.0 Å². The number of aryl methyl sites for hydroxylation is 2. The molecule has 0 aliphatic heterocycles. The molecule has 0 aliphatic carbocycles. The Morgan fingerprint density at radius 2 is 1.80 bits per heavy atom. The van der Waals surface area contributed by atoms with Gasteiger partial charge in [0.05, 0.1) is 5.56 Å². The molecule has 0 radical (unpaired) electrons. The van der Waals surface area contributed by atoms with Crippen LogP contribution in [0.1, 0.15) is 28.4 Å². The van der Waals surface area contributed by atoms with Crippen LogP contribution in [0.2, 0.25) is 0 Å². The number of ketones is 1. The molecular weight excluding hydrogens is 202 g/mol. The standard InChI is InChI=1S/C11H12F2O2/c1-6-4-9(8(3)14)10(5-7(6)2)15-11(12)13/h4-5,11H,1-3H3. The second-order valence-corrected chi connectivity index (χ2v) is 3.37. The Morgan fingerprint density at radius 1 is 1.27 bits per heavy atom. The van der Waals surface area contributed by atoms with E-state index in [0.29, 0.717) is 0 Å². The van der Waals surface area contributed by atoms with E-state index in [1.165, 1.54) is 13.0 Å². The van der Waals surface area contributed by atoms with Crippen molar-refractivity contribution in [2.45, 2.75) is 27.4 Å². The summed E-state index contributed by atoms with van der Waals surface area (Å²) in [5, 5.41) is 0. The first-order valence-electron chi connectivity index (χ1n) is 4.49. The van der Waals surface area contributed by atoms with Crippen molar-refractivity contribution in [1.82, 2.24) is 0 Å². The second kappa shape index (κ2) is 4.38. The van der Waals surface area contributed by atoms with E-state index in [4.69, 9.17) is 0 Å². The Labute approximate surface area is 86.9 Å². The summed E-state index contributed by atoms with van der Waals surface area (Å²) in [6.45, 7) is 2.00. The van der Waals surface area contributed by atoms with Crippen molar-refractivity contribution in [3.8, 4) is 5.75 Å². The summed E-state index contributed by atoms with van der Waals surface area (Å²) in [4.78, 5) is 11.2. The Kier molecular flexibility index (Phi) is 3.39. The van der Waals surface area contributed by atoms with Gasteiger partial charge in [-0.05, 0) is 44.0 Å². The number of alkyl halides is 2. The van der Waals surface area contributed by atoms with Gasteiger partial charge in [0.15, 0.2) is 5.78 Å². The molecular formula is C11H12F2O2. The molecule has 0 amide bonds. The highest BCUT2D eigenvalue weighted by Crippen LogP contribution is 2.25. The molecule has 0 N–H and O–H groups in total. The number of carbonyl (C=O) groups excluding carboxylic acids is 1. The lowest BCUT2D eigenvalue weighted by atomic mass is 10.0. The van der Waals surface area contributed by atoms with Gasteiger partial charge in [-0.2, -0.15) is 8.78 Å². The van der Waals surface area contributed by atoms with Gasteiger partial charge in [0.1, 0.15) is 5.75 Å². The van der Waals surface area contributed by atoms with Gasteiger partial charge in [0.2, 0.25) is 0 Å². The van der Waals surface area contributed by atoms with Crippen LogP contribution >= 0.6 is 0 Å². The fourth-order valence-electron chi connectivity index (χ4n) is 1.26. The summed E-state index contributed by atoms with van der Waals surface area (Å²) in [5.41, 5.74) is 1.89. The number of benzene rings is 1. The van der Waals surface area contributed by atoms with Gasteiger partial charge in [-0.25, -0.2) is 0 Å². The molecule has 82 valence electrons. The van der Waals surface area contributed by atoms with E-state index < -0.39 is 6.61 Å². The lowest BCUT2D eigenvalue weighted by Crippen LogP contribution is -2.07. The zero-order valence-electron chi connectivity index (χ0n) is 8.80. The Morgan fingerprint density at radius 3 is 2.27 bits per heavy atom. The molecule has 0 bridgehead atoms. The maximum Gasteiger partial charge on any atom is 0.387 e. The van der Waals surface area contributed by atoms with Crippen LogP contribution in [0.3, 0.4) is 0 Å². The topological polar surface area (TPSA) is 26.3 Å². The maximum absolute atomic E-state index is 12.1. The molecule has 0 saturated carbocycles. The Balaban J connectivity index is 3.22. The summed E-state index contributed by atoms with van der Waals surface area (Å²) >= 11 is 0. The van der Waals surface area contributed by atoms with E-state index in [9.17, 15) is 13.6 Å². The monoisotopic (exact) mass is 214 g/mol. The molecule has 4 heteroatoms. The first-order chi connectivity index (χ1) is 6.91. The van der Waals surface area contributed by atoms with Gasteiger partial charge in [-0.1, -0.05) is 0 Å². The zero-order valence-corrected chi connectivity index (χ0v) is 8.80. The smallest absolute Gasteiger partial charge is 0.387 e. The molecule has 0 atom stereocenters. The summed E-state index contributed by atoms with van der Waals surface area (Å²) in [7, 11) is 0. The first kappa shape index (κ1) is 11.6. The molecule has 1 aromatic rings. The number of carbonyl (C=O) groups is 1. The highest BCUT2D eigenvalue weighted by Gasteiger charge is 2.14. The number of rotatable bonds is 3. The van der Waals surface area contributed by atoms with Crippen LogP contribution in [-0.4, -0.2) is 12.4 Å². The predicted octanol–water partition coefficient (Wildman–Crippen LogP) is 3.11. The molecule has 0 aliphatic rings. The van der Waals surface area contributed by atoms with Crippen molar-refractivity contribution in [3.05, 3.63) is 28.8 Å². The Hall–Kier alpha value is -1.45. The molecule has 15 heavy (non-hydrogen) atoms. The molecule has 2 nitrogen and oxygen atoms in total. The first-order valence-corrected chi connectivity index (χ1v) is 4.49.